The summed E-state index contributed by atoms with van der Waals surface area (Å²) in [6.45, 7) is 3.25. The summed E-state index contributed by atoms with van der Waals surface area (Å²) in [4.78, 5) is 0. The van der Waals surface area contributed by atoms with Crippen LogP contribution in [0.5, 0.6) is 0 Å². The Morgan fingerprint density at radius 1 is 1.62 bits per heavy atom. The number of hydrogen-bond acceptors (Lipinski definition) is 6. The summed E-state index contributed by atoms with van der Waals surface area (Å²) in [6, 6.07) is 0. The van der Waals surface area contributed by atoms with Gasteiger partial charge in [0.1, 0.15) is 19.4 Å². The minimum absolute atomic E-state index is 0.103. The molecule has 1 heterocycles. The van der Waals surface area contributed by atoms with Crippen molar-refractivity contribution >= 4 is 8.25 Å². The van der Waals surface area contributed by atoms with Gasteiger partial charge in [0.15, 0.2) is 0 Å². The second-order valence-electron chi connectivity index (χ2n) is 2.07. The molecule has 1 aliphatic heterocycles. The zero-order chi connectivity index (χ0) is 10.1. The minimum atomic E-state index is -1.72. The summed E-state index contributed by atoms with van der Waals surface area (Å²) in [5, 5.41) is 8.22. The van der Waals surface area contributed by atoms with Crippen LogP contribution >= 0.6 is 8.25 Å². The van der Waals surface area contributed by atoms with Gasteiger partial charge in [-0.25, -0.2) is 0 Å². The molecule has 0 aromatic heterocycles. The van der Waals surface area contributed by atoms with Crippen LogP contribution in [0.2, 0.25) is 0 Å². The van der Waals surface area contributed by atoms with Crippen LogP contribution in [-0.2, 0) is 18.3 Å². The number of aliphatic hydroxyl groups excluding tert-OH is 1. The number of hydrogen-bond donors (Lipinski definition) is 2. The molecule has 13 heavy (non-hydrogen) atoms. The molecule has 0 bridgehead atoms. The third-order valence-corrected chi connectivity index (χ3v) is 1.82. The summed E-state index contributed by atoms with van der Waals surface area (Å²) in [5.74, 6) is 0. The van der Waals surface area contributed by atoms with Gasteiger partial charge in [0, 0.05) is 11.2 Å². The molecule has 3 N–H and O–H groups in total. The fourth-order valence-electron chi connectivity index (χ4n) is 0.528. The Morgan fingerprint density at radius 3 is 2.31 bits per heavy atom. The van der Waals surface area contributed by atoms with E-state index in [2.05, 4.69) is 9.05 Å². The Hall–Kier alpha value is -0.100. The van der Waals surface area contributed by atoms with Crippen LogP contribution in [0.25, 0.3) is 0 Å². The predicted octanol–water partition coefficient (Wildman–Crippen LogP) is -0.00940. The molecule has 7 heteroatoms. The van der Waals surface area contributed by atoms with E-state index in [-0.39, 0.29) is 6.61 Å². The van der Waals surface area contributed by atoms with Crippen molar-refractivity contribution < 1.29 is 23.5 Å². The summed E-state index contributed by atoms with van der Waals surface area (Å²) in [7, 11) is -1.72. The van der Waals surface area contributed by atoms with Crippen molar-refractivity contribution in [1.29, 1.82) is 0 Å². The fourth-order valence-corrected chi connectivity index (χ4v) is 1.05. The first-order chi connectivity index (χ1) is 6.20. The van der Waals surface area contributed by atoms with E-state index in [4.69, 9.17) is 15.6 Å². The first kappa shape index (κ1) is 12.9. The van der Waals surface area contributed by atoms with Gasteiger partial charge in [-0.1, -0.05) is 0 Å². The fraction of sp³-hybridized carbons (Fsp3) is 1.00. The summed E-state index contributed by atoms with van der Waals surface area (Å²) < 4.78 is 23.5. The van der Waals surface area contributed by atoms with Crippen LogP contribution in [0.1, 0.15) is 6.92 Å². The van der Waals surface area contributed by atoms with Crippen molar-refractivity contribution in [3.63, 3.8) is 0 Å². The van der Waals surface area contributed by atoms with Gasteiger partial charge in [0.25, 0.3) is 0 Å². The van der Waals surface area contributed by atoms with Crippen LogP contribution < -0.4 is 5.73 Å². The molecule has 0 aromatic rings. The molecule has 0 amide bonds. The molecular weight excluding hydrogens is 197 g/mol. The second-order valence-corrected chi connectivity index (χ2v) is 3.03. The molecule has 1 fully saturated rings. The first-order valence-corrected chi connectivity index (χ1v) is 5.01. The van der Waals surface area contributed by atoms with Crippen molar-refractivity contribution in [2.24, 2.45) is 5.73 Å². The van der Waals surface area contributed by atoms with Crippen LogP contribution in [0.4, 0.5) is 0 Å². The molecule has 78 valence electrons. The zero-order valence-electron chi connectivity index (χ0n) is 7.51. The maximum Gasteiger partial charge on any atom is 0.697 e. The first-order valence-electron chi connectivity index (χ1n) is 3.91. The predicted molar refractivity (Wildman–Crippen MR) is 46.2 cm³/mol. The molecule has 1 unspecified atom stereocenters. The number of ether oxygens (including phenoxy) is 1. The number of rotatable bonds is 3. The van der Waals surface area contributed by atoms with E-state index in [1.807, 2.05) is 6.92 Å². The van der Waals surface area contributed by atoms with Crippen molar-refractivity contribution in [1.82, 2.24) is 0 Å². The van der Waals surface area contributed by atoms with E-state index in [0.29, 0.717) is 19.8 Å². The van der Waals surface area contributed by atoms with Gasteiger partial charge in [-0.15, -0.1) is 9.05 Å². The molecule has 0 aromatic carbocycles. The third kappa shape index (κ3) is 8.24. The second kappa shape index (κ2) is 8.50. The Labute approximate surface area is 77.9 Å². The molecule has 0 aliphatic carbocycles. The average molecular weight is 212 g/mol. The molecular formula is C6H15NO5P+. The van der Waals surface area contributed by atoms with Gasteiger partial charge in [0.05, 0.1) is 6.61 Å². The highest BCUT2D eigenvalue weighted by Crippen LogP contribution is 2.27. The van der Waals surface area contributed by atoms with Crippen LogP contribution in [0, 0.1) is 0 Å². The van der Waals surface area contributed by atoms with E-state index >= 15 is 0 Å². The summed E-state index contributed by atoms with van der Waals surface area (Å²) in [6.07, 6.45) is -0.495. The van der Waals surface area contributed by atoms with Gasteiger partial charge in [0.2, 0.25) is 0 Å². The maximum atomic E-state index is 9.95. The lowest BCUT2D eigenvalue weighted by atomic mass is 10.6. The number of nitrogens with two attached hydrogens (primary N) is 1. The quantitative estimate of drug-likeness (QED) is 0.505. The van der Waals surface area contributed by atoms with Gasteiger partial charge in [-0.2, -0.15) is 0 Å². The van der Waals surface area contributed by atoms with E-state index in [9.17, 15) is 4.57 Å². The van der Waals surface area contributed by atoms with Crippen LogP contribution in [0.3, 0.4) is 0 Å². The number of aliphatic hydroxyl groups is 1. The molecule has 0 radical (unpaired) electrons. The summed E-state index contributed by atoms with van der Waals surface area (Å²) >= 11 is 0. The Morgan fingerprint density at radius 2 is 2.15 bits per heavy atom. The molecule has 1 saturated heterocycles. The smallest absolute Gasteiger partial charge is 0.392 e. The lowest BCUT2D eigenvalue weighted by Gasteiger charge is -2.05. The van der Waals surface area contributed by atoms with E-state index in [0.717, 1.165) is 0 Å². The van der Waals surface area contributed by atoms with Crippen LogP contribution in [-0.4, -0.2) is 37.8 Å². The third-order valence-electron chi connectivity index (χ3n) is 1.04. The zero-order valence-corrected chi connectivity index (χ0v) is 8.40. The summed E-state index contributed by atoms with van der Waals surface area (Å²) in [5.41, 5.74) is 5.11. The largest absolute Gasteiger partial charge is 0.697 e. The monoisotopic (exact) mass is 212 g/mol. The van der Waals surface area contributed by atoms with E-state index in [1.165, 1.54) is 0 Å². The highest BCUT2D eigenvalue weighted by molar-refractivity contribution is 7.33. The molecule has 1 rings (SSSR count). The molecule has 1 aliphatic rings. The molecule has 0 saturated carbocycles. The Kier molecular flexibility index (Phi) is 8.43. The molecule has 0 spiro atoms. The SMILES string of the molecule is CCOC(N)CO.O=[P+]1OCCO1. The topological polar surface area (TPSA) is 91.0 Å². The standard InChI is InChI=1S/C4H11NO2.C2H4O3P/c1-2-7-4(5)3-6;3-6-4-1-2-5-6/h4,6H,2-3,5H2,1H3;1-2H2/q;+1. The Balaban J connectivity index is 0.000000223. The minimum Gasteiger partial charge on any atom is -0.392 e. The van der Waals surface area contributed by atoms with Gasteiger partial charge in [-0.05, 0) is 6.92 Å². The molecule has 1 atom stereocenters. The van der Waals surface area contributed by atoms with Crippen LogP contribution in [0.15, 0.2) is 0 Å². The van der Waals surface area contributed by atoms with E-state index in [1.54, 1.807) is 0 Å². The van der Waals surface area contributed by atoms with E-state index < -0.39 is 14.5 Å². The maximum absolute atomic E-state index is 9.95. The van der Waals surface area contributed by atoms with Gasteiger partial charge in [-0.3, -0.25) is 0 Å². The average Bonchev–Trinajstić information content (AvgIpc) is 2.57. The van der Waals surface area contributed by atoms with Crippen molar-refractivity contribution in [3.05, 3.63) is 0 Å². The normalized spacial score (nSPS) is 17.9. The van der Waals surface area contributed by atoms with Crippen molar-refractivity contribution in [3.8, 4) is 0 Å². The van der Waals surface area contributed by atoms with Crippen molar-refractivity contribution in [2.45, 2.75) is 13.2 Å². The van der Waals surface area contributed by atoms with Crippen molar-refractivity contribution in [2.75, 3.05) is 26.4 Å². The molecule has 6 nitrogen and oxygen atoms in total. The lowest BCUT2D eigenvalue weighted by Crippen LogP contribution is -2.27. The Bertz CT molecular complexity index is 137. The van der Waals surface area contributed by atoms with Gasteiger partial charge < -0.3 is 15.6 Å². The highest BCUT2D eigenvalue weighted by atomic mass is 31.1. The van der Waals surface area contributed by atoms with Gasteiger partial charge >= 0.3 is 8.25 Å². The highest BCUT2D eigenvalue weighted by Gasteiger charge is 2.26. The lowest BCUT2D eigenvalue weighted by molar-refractivity contribution is 0.0246.